The van der Waals surface area contributed by atoms with Crippen molar-refractivity contribution in [3.63, 3.8) is 0 Å². The molecule has 1 N–H and O–H groups in total. The molecular weight excluding hydrogens is 218 g/mol. The number of nitrogens with zero attached hydrogens (tertiary/aromatic N) is 2. The summed E-state index contributed by atoms with van der Waals surface area (Å²) in [7, 11) is 0. The maximum absolute atomic E-state index is 5.14. The molecule has 0 unspecified atom stereocenters. The van der Waals surface area contributed by atoms with E-state index in [0.29, 0.717) is 4.77 Å². The van der Waals surface area contributed by atoms with Crippen molar-refractivity contribution < 1.29 is 0 Å². The van der Waals surface area contributed by atoms with Crippen molar-refractivity contribution >= 4 is 12.2 Å². The number of rotatable bonds is 1. The lowest BCUT2D eigenvalue weighted by Gasteiger charge is -2.04. The minimum absolute atomic E-state index is 0.633. The topological polar surface area (TPSA) is 33.6 Å². The molecule has 1 aromatic heterocycles. The van der Waals surface area contributed by atoms with Crippen LogP contribution >= 0.6 is 12.2 Å². The van der Waals surface area contributed by atoms with Crippen LogP contribution in [0.1, 0.15) is 25.2 Å². The number of aromatic nitrogens is 3. The highest BCUT2D eigenvalue weighted by atomic mass is 32.1. The van der Waals surface area contributed by atoms with Crippen molar-refractivity contribution in [1.82, 2.24) is 14.8 Å². The van der Waals surface area contributed by atoms with Crippen molar-refractivity contribution in [2.45, 2.75) is 27.7 Å². The summed E-state index contributed by atoms with van der Waals surface area (Å²) in [4.78, 5) is 0. The molecule has 2 rings (SSSR count). The minimum Gasteiger partial charge on any atom is -0.272 e. The van der Waals surface area contributed by atoms with E-state index in [9.17, 15) is 0 Å². The molecule has 2 aromatic rings. The quantitative estimate of drug-likeness (QED) is 0.767. The Morgan fingerprint density at radius 3 is 2.44 bits per heavy atom. The zero-order valence-corrected chi connectivity index (χ0v) is 10.9. The van der Waals surface area contributed by atoms with E-state index in [2.05, 4.69) is 29.3 Å². The van der Waals surface area contributed by atoms with Crippen LogP contribution in [0.3, 0.4) is 0 Å². The summed E-state index contributed by atoms with van der Waals surface area (Å²) in [6.07, 6.45) is 0. The number of aromatic amines is 1. The van der Waals surface area contributed by atoms with Crippen molar-refractivity contribution in [1.29, 1.82) is 0 Å². The number of nitrogens with one attached hydrogen (secondary N) is 1. The maximum atomic E-state index is 5.14. The van der Waals surface area contributed by atoms with Gasteiger partial charge in [-0.2, -0.15) is 5.10 Å². The van der Waals surface area contributed by atoms with Gasteiger partial charge < -0.3 is 0 Å². The smallest absolute Gasteiger partial charge is 0.199 e. The van der Waals surface area contributed by atoms with Gasteiger partial charge in [0.25, 0.3) is 0 Å². The van der Waals surface area contributed by atoms with Crippen LogP contribution < -0.4 is 0 Å². The standard InChI is InChI=1S/C10H11N3S.C2H6/c1-7-4-3-5-9(6-7)13-8(2)11-12-10(13)14;1-2/h3-6H,1-2H3,(H,12,14);1-2H3. The second kappa shape index (κ2) is 5.61. The van der Waals surface area contributed by atoms with Crippen molar-refractivity contribution in [2.75, 3.05) is 0 Å². The maximum Gasteiger partial charge on any atom is 0.199 e. The zero-order valence-electron chi connectivity index (χ0n) is 10.1. The van der Waals surface area contributed by atoms with E-state index in [0.717, 1.165) is 11.5 Å². The molecule has 16 heavy (non-hydrogen) atoms. The van der Waals surface area contributed by atoms with Crippen LogP contribution in [0, 0.1) is 18.6 Å². The van der Waals surface area contributed by atoms with Gasteiger partial charge in [-0.15, -0.1) is 0 Å². The summed E-state index contributed by atoms with van der Waals surface area (Å²) in [5.41, 5.74) is 2.27. The first-order chi connectivity index (χ1) is 7.68. The molecule has 0 saturated heterocycles. The van der Waals surface area contributed by atoms with Gasteiger partial charge in [-0.05, 0) is 43.8 Å². The third-order valence-corrected chi connectivity index (χ3v) is 2.37. The Kier molecular flexibility index (Phi) is 4.43. The first-order valence-corrected chi connectivity index (χ1v) is 5.80. The van der Waals surface area contributed by atoms with Gasteiger partial charge in [0.2, 0.25) is 0 Å². The van der Waals surface area contributed by atoms with Crippen LogP contribution in [0.4, 0.5) is 0 Å². The van der Waals surface area contributed by atoms with Gasteiger partial charge in [-0.3, -0.25) is 9.67 Å². The summed E-state index contributed by atoms with van der Waals surface area (Å²) in [6.45, 7) is 7.98. The Bertz CT molecular complexity index is 511. The van der Waals surface area contributed by atoms with Crippen molar-refractivity contribution in [2.24, 2.45) is 0 Å². The fraction of sp³-hybridized carbons (Fsp3) is 0.333. The van der Waals surface area contributed by atoms with Crippen LogP contribution in [0.25, 0.3) is 5.69 Å². The van der Waals surface area contributed by atoms with Crippen molar-refractivity contribution in [3.05, 3.63) is 40.4 Å². The minimum atomic E-state index is 0.633. The van der Waals surface area contributed by atoms with Gasteiger partial charge in [0.05, 0.1) is 0 Å². The van der Waals surface area contributed by atoms with Crippen LogP contribution in [-0.4, -0.2) is 14.8 Å². The molecular formula is C12H17N3S. The summed E-state index contributed by atoms with van der Waals surface area (Å²) < 4.78 is 2.55. The van der Waals surface area contributed by atoms with E-state index in [1.165, 1.54) is 5.56 Å². The number of H-pyrrole nitrogens is 1. The molecule has 0 aliphatic rings. The Morgan fingerprint density at radius 2 is 1.94 bits per heavy atom. The average Bonchev–Trinajstić information content (AvgIpc) is 2.61. The summed E-state index contributed by atoms with van der Waals surface area (Å²) in [6, 6.07) is 8.17. The van der Waals surface area contributed by atoms with Crippen molar-refractivity contribution in [3.8, 4) is 5.69 Å². The molecule has 0 spiro atoms. The number of benzene rings is 1. The lowest BCUT2D eigenvalue weighted by atomic mass is 10.2. The Balaban J connectivity index is 0.000000606. The normalized spacial score (nSPS) is 9.50. The second-order valence-electron chi connectivity index (χ2n) is 3.25. The van der Waals surface area contributed by atoms with Gasteiger partial charge >= 0.3 is 0 Å². The molecule has 0 bridgehead atoms. The first kappa shape index (κ1) is 12.6. The Hall–Kier alpha value is -1.42. The summed E-state index contributed by atoms with van der Waals surface area (Å²) in [5.74, 6) is 0.876. The molecule has 86 valence electrons. The number of aryl methyl sites for hydroxylation is 2. The molecule has 1 heterocycles. The lowest BCUT2D eigenvalue weighted by Crippen LogP contribution is -1.96. The van der Waals surface area contributed by atoms with Crippen LogP contribution in [0.15, 0.2) is 24.3 Å². The van der Waals surface area contributed by atoms with Crippen LogP contribution in [0.2, 0.25) is 0 Å². The molecule has 0 aliphatic heterocycles. The first-order valence-electron chi connectivity index (χ1n) is 5.39. The molecule has 0 radical (unpaired) electrons. The fourth-order valence-electron chi connectivity index (χ4n) is 1.45. The average molecular weight is 235 g/mol. The van der Waals surface area contributed by atoms with E-state index in [1.807, 2.05) is 37.5 Å². The van der Waals surface area contributed by atoms with Gasteiger partial charge in [-0.25, -0.2) is 0 Å². The third kappa shape index (κ3) is 2.58. The van der Waals surface area contributed by atoms with E-state index in [4.69, 9.17) is 12.2 Å². The SMILES string of the molecule is CC.Cc1cccc(-n2c(C)n[nH]c2=S)c1. The number of hydrogen-bond acceptors (Lipinski definition) is 2. The van der Waals surface area contributed by atoms with Gasteiger partial charge in [0.15, 0.2) is 4.77 Å². The highest BCUT2D eigenvalue weighted by Gasteiger charge is 2.02. The summed E-state index contributed by atoms with van der Waals surface area (Å²) in [5, 5.41) is 6.84. The zero-order chi connectivity index (χ0) is 12.1. The van der Waals surface area contributed by atoms with Crippen LogP contribution in [0.5, 0.6) is 0 Å². The van der Waals surface area contributed by atoms with Gasteiger partial charge in [-0.1, -0.05) is 26.0 Å². The molecule has 1 aromatic carbocycles. The summed E-state index contributed by atoms with van der Waals surface area (Å²) >= 11 is 5.14. The second-order valence-corrected chi connectivity index (χ2v) is 3.64. The highest BCUT2D eigenvalue weighted by Crippen LogP contribution is 2.11. The molecule has 0 saturated carbocycles. The molecule has 4 heteroatoms. The Labute approximate surface area is 101 Å². The number of hydrogen-bond donors (Lipinski definition) is 1. The van der Waals surface area contributed by atoms with E-state index in [1.54, 1.807) is 0 Å². The monoisotopic (exact) mass is 235 g/mol. The lowest BCUT2D eigenvalue weighted by molar-refractivity contribution is 0.961. The van der Waals surface area contributed by atoms with E-state index >= 15 is 0 Å². The molecule has 0 fully saturated rings. The van der Waals surface area contributed by atoms with Gasteiger partial charge in [0, 0.05) is 5.69 Å². The largest absolute Gasteiger partial charge is 0.272 e. The van der Waals surface area contributed by atoms with Crippen LogP contribution in [-0.2, 0) is 0 Å². The molecule has 0 aliphatic carbocycles. The Morgan fingerprint density at radius 1 is 1.25 bits per heavy atom. The van der Waals surface area contributed by atoms with Gasteiger partial charge in [0.1, 0.15) is 5.82 Å². The van der Waals surface area contributed by atoms with E-state index in [-0.39, 0.29) is 0 Å². The van der Waals surface area contributed by atoms with E-state index < -0.39 is 0 Å². The molecule has 3 nitrogen and oxygen atoms in total. The highest BCUT2D eigenvalue weighted by molar-refractivity contribution is 7.71. The molecule has 0 amide bonds. The third-order valence-electron chi connectivity index (χ3n) is 2.10. The predicted octanol–water partition coefficient (Wildman–Crippen LogP) is 3.57. The fourth-order valence-corrected chi connectivity index (χ4v) is 1.73. The predicted molar refractivity (Wildman–Crippen MR) is 69.6 cm³/mol. The molecule has 0 atom stereocenters.